The van der Waals surface area contributed by atoms with Crippen LogP contribution in [0, 0.1) is 11.8 Å². The molecule has 0 amide bonds. The highest BCUT2D eigenvalue weighted by molar-refractivity contribution is 5.85. The van der Waals surface area contributed by atoms with Crippen molar-refractivity contribution in [2.75, 3.05) is 41.3 Å². The lowest BCUT2D eigenvalue weighted by atomic mass is 9.99. The number of rotatable bonds is 6. The van der Waals surface area contributed by atoms with E-state index in [1.165, 1.54) is 0 Å². The highest BCUT2D eigenvalue weighted by Gasteiger charge is 2.34. The Labute approximate surface area is 87.1 Å². The fraction of sp³-hybridized carbons (Fsp3) is 0.909. The maximum atomic E-state index is 11.9. The highest BCUT2D eigenvalue weighted by Crippen LogP contribution is 2.32. The summed E-state index contributed by atoms with van der Waals surface area (Å²) in [4.78, 5) is 16.1. The Morgan fingerprint density at radius 2 is 1.57 bits per heavy atom. The van der Waals surface area contributed by atoms with Crippen molar-refractivity contribution in [1.29, 1.82) is 0 Å². The fourth-order valence-electron chi connectivity index (χ4n) is 1.82. The monoisotopic (exact) mass is 198 g/mol. The third-order valence-corrected chi connectivity index (χ3v) is 2.55. The van der Waals surface area contributed by atoms with E-state index in [4.69, 9.17) is 0 Å². The summed E-state index contributed by atoms with van der Waals surface area (Å²) in [7, 11) is 8.12. The number of Topliss-reactive ketones (excluding diaryl/α,β-unsaturated/α-hetero) is 1. The van der Waals surface area contributed by atoms with Crippen molar-refractivity contribution in [2.24, 2.45) is 11.8 Å². The molecule has 0 aliphatic heterocycles. The van der Waals surface area contributed by atoms with Gasteiger partial charge in [0.05, 0.1) is 0 Å². The first-order chi connectivity index (χ1) is 6.50. The van der Waals surface area contributed by atoms with Crippen LogP contribution in [0.5, 0.6) is 0 Å². The molecular formula is C11H22N2O. The van der Waals surface area contributed by atoms with Gasteiger partial charge in [0.2, 0.25) is 0 Å². The van der Waals surface area contributed by atoms with Gasteiger partial charge < -0.3 is 9.80 Å². The van der Waals surface area contributed by atoms with Crippen molar-refractivity contribution in [1.82, 2.24) is 9.80 Å². The first-order valence-corrected chi connectivity index (χ1v) is 5.34. The number of carbonyl (C=O) groups is 1. The number of carbonyl (C=O) groups excluding carboxylic acids is 1. The van der Waals surface area contributed by atoms with Gasteiger partial charge in [-0.3, -0.25) is 4.79 Å². The van der Waals surface area contributed by atoms with Crippen LogP contribution in [0.2, 0.25) is 0 Å². The summed E-state index contributed by atoms with van der Waals surface area (Å²) in [6.07, 6.45) is 2.24. The van der Waals surface area contributed by atoms with Crippen molar-refractivity contribution in [3.8, 4) is 0 Å². The predicted octanol–water partition coefficient (Wildman–Crippen LogP) is 0.705. The molecule has 1 aliphatic rings. The van der Waals surface area contributed by atoms with E-state index in [9.17, 15) is 4.79 Å². The van der Waals surface area contributed by atoms with Gasteiger partial charge in [-0.05, 0) is 41.0 Å². The summed E-state index contributed by atoms with van der Waals surface area (Å²) in [5.74, 6) is 1.07. The molecule has 3 nitrogen and oxygen atoms in total. The predicted molar refractivity (Wildman–Crippen MR) is 58.3 cm³/mol. The van der Waals surface area contributed by atoms with Gasteiger partial charge in [0.15, 0.2) is 0 Å². The molecule has 0 aromatic carbocycles. The van der Waals surface area contributed by atoms with E-state index in [-0.39, 0.29) is 5.92 Å². The second kappa shape index (κ2) is 4.89. The molecule has 0 heterocycles. The van der Waals surface area contributed by atoms with Crippen LogP contribution < -0.4 is 0 Å². The standard InChI is InChI=1S/C11H22N2O/c1-12(2)7-10(8-13(3)4)11(14)9-5-6-9/h9-10H,5-8H2,1-4H3. The van der Waals surface area contributed by atoms with Crippen molar-refractivity contribution >= 4 is 5.78 Å². The zero-order chi connectivity index (χ0) is 10.7. The molecule has 1 rings (SSSR count). The lowest BCUT2D eigenvalue weighted by Crippen LogP contribution is -2.36. The molecule has 82 valence electrons. The second-order valence-electron chi connectivity index (χ2n) is 4.90. The van der Waals surface area contributed by atoms with E-state index in [2.05, 4.69) is 9.80 Å². The Hall–Kier alpha value is -0.410. The van der Waals surface area contributed by atoms with Crippen molar-refractivity contribution in [2.45, 2.75) is 12.8 Å². The van der Waals surface area contributed by atoms with Crippen LogP contribution in [0.4, 0.5) is 0 Å². The minimum absolute atomic E-state index is 0.201. The van der Waals surface area contributed by atoms with E-state index >= 15 is 0 Å². The molecule has 1 aliphatic carbocycles. The molecule has 0 N–H and O–H groups in total. The van der Waals surface area contributed by atoms with Crippen LogP contribution in [0.25, 0.3) is 0 Å². The van der Waals surface area contributed by atoms with Gasteiger partial charge in [0.25, 0.3) is 0 Å². The summed E-state index contributed by atoms with van der Waals surface area (Å²) in [5.41, 5.74) is 0. The maximum Gasteiger partial charge on any atom is 0.141 e. The van der Waals surface area contributed by atoms with Crippen molar-refractivity contribution in [3.05, 3.63) is 0 Å². The molecule has 0 aromatic heterocycles. The van der Waals surface area contributed by atoms with Crippen molar-refractivity contribution in [3.63, 3.8) is 0 Å². The summed E-state index contributed by atoms with van der Waals surface area (Å²) in [6.45, 7) is 1.76. The van der Waals surface area contributed by atoms with E-state index in [1.54, 1.807) is 0 Å². The smallest absolute Gasteiger partial charge is 0.141 e. The quantitative estimate of drug-likeness (QED) is 0.628. The Kier molecular flexibility index (Phi) is 4.08. The number of ketones is 1. The molecule has 0 bridgehead atoms. The molecule has 0 spiro atoms. The molecule has 0 radical (unpaired) electrons. The normalized spacial score (nSPS) is 17.1. The Morgan fingerprint density at radius 1 is 1.14 bits per heavy atom. The number of hydrogen-bond acceptors (Lipinski definition) is 3. The molecule has 0 unspecified atom stereocenters. The highest BCUT2D eigenvalue weighted by atomic mass is 16.1. The molecule has 1 fully saturated rings. The zero-order valence-electron chi connectivity index (χ0n) is 9.79. The Balaban J connectivity index is 2.46. The minimum Gasteiger partial charge on any atom is -0.309 e. The van der Waals surface area contributed by atoms with E-state index in [1.807, 2.05) is 28.2 Å². The van der Waals surface area contributed by atoms with Gasteiger partial charge in [-0.1, -0.05) is 0 Å². The molecule has 1 saturated carbocycles. The average molecular weight is 198 g/mol. The molecule has 0 aromatic rings. The van der Waals surface area contributed by atoms with Crippen LogP contribution in [0.3, 0.4) is 0 Å². The maximum absolute atomic E-state index is 11.9. The van der Waals surface area contributed by atoms with Crippen LogP contribution in [0.15, 0.2) is 0 Å². The third kappa shape index (κ3) is 3.76. The SMILES string of the molecule is CN(C)CC(CN(C)C)C(=O)C1CC1. The first kappa shape index (κ1) is 11.7. The largest absolute Gasteiger partial charge is 0.309 e. The zero-order valence-corrected chi connectivity index (χ0v) is 9.79. The van der Waals surface area contributed by atoms with Gasteiger partial charge >= 0.3 is 0 Å². The lowest BCUT2D eigenvalue weighted by Gasteiger charge is -2.23. The molecule has 14 heavy (non-hydrogen) atoms. The summed E-state index contributed by atoms with van der Waals surface area (Å²) in [6, 6.07) is 0. The van der Waals surface area contributed by atoms with Gasteiger partial charge in [-0.15, -0.1) is 0 Å². The summed E-state index contributed by atoms with van der Waals surface area (Å²) >= 11 is 0. The van der Waals surface area contributed by atoms with Gasteiger partial charge in [-0.25, -0.2) is 0 Å². The van der Waals surface area contributed by atoms with E-state index < -0.39 is 0 Å². The lowest BCUT2D eigenvalue weighted by molar-refractivity contribution is -0.125. The van der Waals surface area contributed by atoms with E-state index in [0.717, 1.165) is 25.9 Å². The Morgan fingerprint density at radius 3 is 1.86 bits per heavy atom. The summed E-state index contributed by atoms with van der Waals surface area (Å²) in [5, 5.41) is 0. The van der Waals surface area contributed by atoms with E-state index in [0.29, 0.717) is 11.7 Å². The number of hydrogen-bond donors (Lipinski definition) is 0. The van der Waals surface area contributed by atoms with Gasteiger partial charge in [0.1, 0.15) is 5.78 Å². The second-order valence-corrected chi connectivity index (χ2v) is 4.90. The minimum atomic E-state index is 0.201. The van der Waals surface area contributed by atoms with Crippen LogP contribution >= 0.6 is 0 Å². The topological polar surface area (TPSA) is 23.6 Å². The average Bonchev–Trinajstić information content (AvgIpc) is 2.82. The molecule has 0 saturated heterocycles. The molecule has 3 heteroatoms. The van der Waals surface area contributed by atoms with Gasteiger partial charge in [-0.2, -0.15) is 0 Å². The van der Waals surface area contributed by atoms with Crippen LogP contribution in [-0.4, -0.2) is 56.9 Å². The first-order valence-electron chi connectivity index (χ1n) is 5.34. The summed E-state index contributed by atoms with van der Waals surface area (Å²) < 4.78 is 0. The number of nitrogens with zero attached hydrogens (tertiary/aromatic N) is 2. The molecular weight excluding hydrogens is 176 g/mol. The molecule has 0 atom stereocenters. The third-order valence-electron chi connectivity index (χ3n) is 2.55. The fourth-order valence-corrected chi connectivity index (χ4v) is 1.82. The van der Waals surface area contributed by atoms with Crippen LogP contribution in [0.1, 0.15) is 12.8 Å². The Bertz CT molecular complexity index is 187. The van der Waals surface area contributed by atoms with Crippen molar-refractivity contribution < 1.29 is 4.79 Å². The van der Waals surface area contributed by atoms with Crippen LogP contribution in [-0.2, 0) is 4.79 Å². The van der Waals surface area contributed by atoms with Gasteiger partial charge in [0, 0.05) is 24.9 Å².